The van der Waals surface area contributed by atoms with Crippen LogP contribution in [0.5, 0.6) is 0 Å². The van der Waals surface area contributed by atoms with E-state index in [-0.39, 0.29) is 12.0 Å². The molecule has 1 aliphatic heterocycles. The number of hydrogen-bond donors (Lipinski definition) is 2. The van der Waals surface area contributed by atoms with Gasteiger partial charge in [0.15, 0.2) is 5.96 Å². The van der Waals surface area contributed by atoms with Crippen molar-refractivity contribution < 1.29 is 4.79 Å². The fourth-order valence-corrected chi connectivity index (χ4v) is 4.69. The SMILES string of the molecule is CN=C(NCc1cccc(Cn2ccnc2C)c1)NC1CCN(C(=O)C2CCCC2)C1. The lowest BCUT2D eigenvalue weighted by molar-refractivity contribution is -0.134. The van der Waals surface area contributed by atoms with Gasteiger partial charge in [0.05, 0.1) is 0 Å². The molecule has 1 aliphatic carbocycles. The third-order valence-corrected chi connectivity index (χ3v) is 6.50. The van der Waals surface area contributed by atoms with Gasteiger partial charge in [0.1, 0.15) is 5.82 Å². The maximum absolute atomic E-state index is 12.7. The number of rotatable bonds is 6. The number of benzene rings is 1. The first kappa shape index (κ1) is 21.4. The van der Waals surface area contributed by atoms with E-state index < -0.39 is 0 Å². The van der Waals surface area contributed by atoms with Gasteiger partial charge in [-0.15, -0.1) is 0 Å². The summed E-state index contributed by atoms with van der Waals surface area (Å²) in [5.74, 6) is 2.42. The maximum atomic E-state index is 12.7. The Kier molecular flexibility index (Phi) is 6.89. The van der Waals surface area contributed by atoms with E-state index >= 15 is 0 Å². The van der Waals surface area contributed by atoms with E-state index in [4.69, 9.17) is 0 Å². The molecule has 4 rings (SSSR count). The van der Waals surface area contributed by atoms with E-state index in [2.05, 4.69) is 49.4 Å². The third kappa shape index (κ3) is 5.46. The van der Waals surface area contributed by atoms with Crippen LogP contribution in [0.1, 0.15) is 49.1 Å². The summed E-state index contributed by atoms with van der Waals surface area (Å²) in [7, 11) is 1.80. The Morgan fingerprint density at radius 3 is 2.77 bits per heavy atom. The largest absolute Gasteiger partial charge is 0.352 e. The van der Waals surface area contributed by atoms with Crippen molar-refractivity contribution in [2.45, 2.75) is 58.2 Å². The molecule has 1 aromatic heterocycles. The van der Waals surface area contributed by atoms with Crippen LogP contribution >= 0.6 is 0 Å². The van der Waals surface area contributed by atoms with Gasteiger partial charge in [-0.05, 0) is 37.3 Å². The minimum atomic E-state index is 0.257. The normalized spacial score (nSPS) is 19.7. The molecule has 1 amide bonds. The number of amides is 1. The molecule has 1 saturated carbocycles. The molecule has 2 heterocycles. The zero-order valence-electron chi connectivity index (χ0n) is 18.7. The predicted octanol–water partition coefficient (Wildman–Crippen LogP) is 2.70. The van der Waals surface area contributed by atoms with Crippen molar-refractivity contribution in [3.8, 4) is 0 Å². The standard InChI is InChI=1S/C24H34N6O/c1-18-26-11-13-29(18)16-20-7-5-6-19(14-20)15-27-24(25-2)28-22-10-12-30(17-22)23(31)21-8-3-4-9-21/h5-7,11,13-14,21-22H,3-4,8-10,12,15-17H2,1-2H3,(H2,25,27,28). The van der Waals surface area contributed by atoms with E-state index in [1.807, 2.05) is 24.2 Å². The van der Waals surface area contributed by atoms with Gasteiger partial charge in [0, 0.05) is 57.6 Å². The Hall–Kier alpha value is -2.83. The summed E-state index contributed by atoms with van der Waals surface area (Å²) in [6.45, 7) is 5.16. The average molecular weight is 423 g/mol. The zero-order chi connectivity index (χ0) is 21.6. The predicted molar refractivity (Wildman–Crippen MR) is 123 cm³/mol. The second-order valence-corrected chi connectivity index (χ2v) is 8.74. The monoisotopic (exact) mass is 422 g/mol. The number of carbonyl (C=O) groups excluding carboxylic acids is 1. The molecule has 2 N–H and O–H groups in total. The molecule has 1 saturated heterocycles. The number of aromatic nitrogens is 2. The molecule has 1 unspecified atom stereocenters. The summed E-state index contributed by atoms with van der Waals surface area (Å²) in [6, 6.07) is 8.84. The van der Waals surface area contributed by atoms with Crippen LogP contribution in [-0.2, 0) is 17.9 Å². The van der Waals surface area contributed by atoms with Crippen molar-refractivity contribution in [1.82, 2.24) is 25.1 Å². The molecule has 2 fully saturated rings. The molecule has 2 aliphatic rings. The molecule has 0 spiro atoms. The van der Waals surface area contributed by atoms with Crippen molar-refractivity contribution >= 4 is 11.9 Å². The Morgan fingerprint density at radius 2 is 2.03 bits per heavy atom. The lowest BCUT2D eigenvalue weighted by Crippen LogP contribution is -2.45. The van der Waals surface area contributed by atoms with Crippen molar-refractivity contribution in [2.75, 3.05) is 20.1 Å². The van der Waals surface area contributed by atoms with Gasteiger partial charge in [0.25, 0.3) is 0 Å². The summed E-state index contributed by atoms with van der Waals surface area (Å²) >= 11 is 0. The van der Waals surface area contributed by atoms with E-state index in [0.29, 0.717) is 12.5 Å². The number of nitrogens with one attached hydrogen (secondary N) is 2. The first-order valence-corrected chi connectivity index (χ1v) is 11.4. The van der Waals surface area contributed by atoms with Crippen molar-refractivity contribution in [1.29, 1.82) is 0 Å². The first-order chi connectivity index (χ1) is 15.1. The van der Waals surface area contributed by atoms with Crippen LogP contribution in [0.3, 0.4) is 0 Å². The molecule has 31 heavy (non-hydrogen) atoms. The molecule has 1 atom stereocenters. The highest BCUT2D eigenvalue weighted by atomic mass is 16.2. The van der Waals surface area contributed by atoms with Crippen LogP contribution in [0.25, 0.3) is 0 Å². The van der Waals surface area contributed by atoms with Gasteiger partial charge >= 0.3 is 0 Å². The van der Waals surface area contributed by atoms with Gasteiger partial charge in [-0.1, -0.05) is 37.1 Å². The van der Waals surface area contributed by atoms with Gasteiger partial charge in [0.2, 0.25) is 5.91 Å². The highest BCUT2D eigenvalue weighted by Gasteiger charge is 2.32. The molecular formula is C24H34N6O. The number of hydrogen-bond acceptors (Lipinski definition) is 3. The Morgan fingerprint density at radius 1 is 1.23 bits per heavy atom. The molecular weight excluding hydrogens is 388 g/mol. The Bertz CT molecular complexity index is 914. The second kappa shape index (κ2) is 9.98. The van der Waals surface area contributed by atoms with Gasteiger partial charge in [-0.25, -0.2) is 4.98 Å². The highest BCUT2D eigenvalue weighted by Crippen LogP contribution is 2.27. The van der Waals surface area contributed by atoms with E-state index in [0.717, 1.165) is 50.7 Å². The van der Waals surface area contributed by atoms with E-state index in [9.17, 15) is 4.79 Å². The third-order valence-electron chi connectivity index (χ3n) is 6.50. The Labute approximate surface area is 185 Å². The summed E-state index contributed by atoms with van der Waals surface area (Å²) < 4.78 is 2.14. The minimum absolute atomic E-state index is 0.257. The summed E-state index contributed by atoms with van der Waals surface area (Å²) in [6.07, 6.45) is 9.35. The molecule has 7 heteroatoms. The number of aliphatic imine (C=N–C) groups is 1. The van der Waals surface area contributed by atoms with Gasteiger partial charge in [-0.3, -0.25) is 9.79 Å². The van der Waals surface area contributed by atoms with E-state index in [1.165, 1.54) is 24.0 Å². The molecule has 0 bridgehead atoms. The van der Waals surface area contributed by atoms with Crippen LogP contribution < -0.4 is 10.6 Å². The average Bonchev–Trinajstić information content (AvgIpc) is 3.54. The molecule has 1 aromatic carbocycles. The minimum Gasteiger partial charge on any atom is -0.352 e. The van der Waals surface area contributed by atoms with E-state index in [1.54, 1.807) is 7.05 Å². The number of nitrogens with zero attached hydrogens (tertiary/aromatic N) is 4. The summed E-state index contributed by atoms with van der Waals surface area (Å²) in [5.41, 5.74) is 2.46. The van der Waals surface area contributed by atoms with Gasteiger partial charge in [-0.2, -0.15) is 0 Å². The lowest BCUT2D eigenvalue weighted by atomic mass is 10.1. The van der Waals surface area contributed by atoms with Gasteiger partial charge < -0.3 is 20.1 Å². The number of imidazole rings is 1. The van der Waals surface area contributed by atoms with Crippen LogP contribution in [0, 0.1) is 12.8 Å². The van der Waals surface area contributed by atoms with Crippen LogP contribution in [0.15, 0.2) is 41.7 Å². The maximum Gasteiger partial charge on any atom is 0.225 e. The van der Waals surface area contributed by atoms with Crippen molar-refractivity contribution in [3.05, 3.63) is 53.6 Å². The fraction of sp³-hybridized carbons (Fsp3) is 0.542. The Balaban J connectivity index is 1.27. The quantitative estimate of drug-likeness (QED) is 0.555. The number of aryl methyl sites for hydroxylation is 1. The number of carbonyl (C=O) groups is 1. The summed E-state index contributed by atoms with van der Waals surface area (Å²) in [5, 5.41) is 6.93. The lowest BCUT2D eigenvalue weighted by Gasteiger charge is -2.21. The van der Waals surface area contributed by atoms with Crippen molar-refractivity contribution in [2.24, 2.45) is 10.9 Å². The molecule has 7 nitrogen and oxygen atoms in total. The molecule has 166 valence electrons. The topological polar surface area (TPSA) is 74.6 Å². The highest BCUT2D eigenvalue weighted by molar-refractivity contribution is 5.81. The van der Waals surface area contributed by atoms with Crippen molar-refractivity contribution in [3.63, 3.8) is 0 Å². The van der Waals surface area contributed by atoms with Crippen LogP contribution in [-0.4, -0.2) is 52.5 Å². The van der Waals surface area contributed by atoms with Crippen LogP contribution in [0.4, 0.5) is 0 Å². The number of guanidine groups is 1. The number of likely N-dealkylation sites (tertiary alicyclic amines) is 1. The zero-order valence-corrected chi connectivity index (χ0v) is 18.7. The summed E-state index contributed by atoms with van der Waals surface area (Å²) in [4.78, 5) is 23.4. The first-order valence-electron chi connectivity index (χ1n) is 11.4. The molecule has 0 radical (unpaired) electrons. The molecule has 2 aromatic rings. The fourth-order valence-electron chi connectivity index (χ4n) is 4.69. The smallest absolute Gasteiger partial charge is 0.225 e. The van der Waals surface area contributed by atoms with Crippen LogP contribution in [0.2, 0.25) is 0 Å². The second-order valence-electron chi connectivity index (χ2n) is 8.74.